The van der Waals surface area contributed by atoms with Crippen LogP contribution < -0.4 is 0 Å². The highest BCUT2D eigenvalue weighted by molar-refractivity contribution is 7.99. The molecule has 1 unspecified atom stereocenters. The van der Waals surface area contributed by atoms with E-state index in [2.05, 4.69) is 53.7 Å². The summed E-state index contributed by atoms with van der Waals surface area (Å²) in [7, 11) is 1.37. The van der Waals surface area contributed by atoms with E-state index in [1.165, 1.54) is 7.11 Å². The van der Waals surface area contributed by atoms with Crippen LogP contribution in [0.2, 0.25) is 0 Å². The first-order chi connectivity index (χ1) is 15.8. The van der Waals surface area contributed by atoms with E-state index in [1.807, 2.05) is 37.3 Å². The Labute approximate surface area is 206 Å². The maximum Gasteiger partial charge on any atom is 0.311 e. The molecule has 0 aliphatic rings. The van der Waals surface area contributed by atoms with Crippen molar-refractivity contribution in [2.45, 2.75) is 75.9 Å². The van der Waals surface area contributed by atoms with Gasteiger partial charge in [-0.25, -0.2) is 4.98 Å². The van der Waals surface area contributed by atoms with Gasteiger partial charge in [-0.3, -0.25) is 4.79 Å². The van der Waals surface area contributed by atoms with Gasteiger partial charge in [0.05, 0.1) is 19.2 Å². The van der Waals surface area contributed by atoms with Crippen molar-refractivity contribution in [3.05, 3.63) is 76.5 Å². The molecule has 0 saturated carbocycles. The minimum atomic E-state index is -0.352. The molecule has 1 N–H and O–H groups in total. The molecule has 6 heteroatoms. The Morgan fingerprint density at radius 3 is 2.12 bits per heavy atom. The van der Waals surface area contributed by atoms with Gasteiger partial charge < -0.3 is 14.3 Å². The molecule has 0 saturated heterocycles. The van der Waals surface area contributed by atoms with Crippen molar-refractivity contribution in [3.8, 4) is 5.75 Å². The molecule has 2 aromatic carbocycles. The Morgan fingerprint density at radius 1 is 1.06 bits per heavy atom. The first kappa shape index (κ1) is 25.9. The standard InChI is InChI=1S/C28H35NO4S/c1-17-22(16-23(30)32-8)29-26(33-17)25(18-12-10-9-11-13-18)34-19-14-20(27(2,3)4)24(31)21(15-19)28(5,6)7/h9-15,25,31H,16H2,1-8H3. The van der Waals surface area contributed by atoms with E-state index in [0.717, 1.165) is 21.6 Å². The van der Waals surface area contributed by atoms with Crippen LogP contribution in [0.4, 0.5) is 0 Å². The number of benzene rings is 2. The van der Waals surface area contributed by atoms with Crippen LogP contribution in [0.15, 0.2) is 51.8 Å². The smallest absolute Gasteiger partial charge is 0.311 e. The average Bonchev–Trinajstić information content (AvgIpc) is 3.11. The lowest BCUT2D eigenvalue weighted by molar-refractivity contribution is -0.139. The fourth-order valence-corrected chi connectivity index (χ4v) is 4.92. The third-order valence-corrected chi connectivity index (χ3v) is 6.95. The van der Waals surface area contributed by atoms with Gasteiger partial charge in [0.2, 0.25) is 5.89 Å². The summed E-state index contributed by atoms with van der Waals surface area (Å²) in [5.74, 6) is 1.15. The summed E-state index contributed by atoms with van der Waals surface area (Å²) in [5.41, 5.74) is 2.99. The van der Waals surface area contributed by atoms with E-state index in [-0.39, 0.29) is 28.5 Å². The van der Waals surface area contributed by atoms with Crippen LogP contribution in [-0.2, 0) is 26.8 Å². The van der Waals surface area contributed by atoms with Crippen molar-refractivity contribution < 1.29 is 19.1 Å². The quantitative estimate of drug-likeness (QED) is 0.306. The number of carbonyl (C=O) groups excluding carboxylic acids is 1. The molecule has 0 bridgehead atoms. The number of hydrogen-bond acceptors (Lipinski definition) is 6. The normalized spacial score (nSPS) is 13.1. The highest BCUT2D eigenvalue weighted by Crippen LogP contribution is 2.46. The maximum absolute atomic E-state index is 11.8. The monoisotopic (exact) mass is 481 g/mol. The Hall–Kier alpha value is -2.73. The first-order valence-electron chi connectivity index (χ1n) is 11.4. The molecule has 0 spiro atoms. The van der Waals surface area contributed by atoms with Crippen LogP contribution in [-0.4, -0.2) is 23.2 Å². The van der Waals surface area contributed by atoms with Crippen LogP contribution >= 0.6 is 11.8 Å². The third-order valence-electron chi connectivity index (χ3n) is 5.73. The lowest BCUT2D eigenvalue weighted by atomic mass is 9.79. The number of esters is 1. The van der Waals surface area contributed by atoms with Gasteiger partial charge in [0.1, 0.15) is 16.8 Å². The van der Waals surface area contributed by atoms with Crippen molar-refractivity contribution in [1.29, 1.82) is 0 Å². The number of hydrogen-bond donors (Lipinski definition) is 1. The van der Waals surface area contributed by atoms with E-state index in [1.54, 1.807) is 11.8 Å². The van der Waals surface area contributed by atoms with E-state index in [9.17, 15) is 9.90 Å². The van der Waals surface area contributed by atoms with Crippen LogP contribution in [0.3, 0.4) is 0 Å². The average molecular weight is 482 g/mol. The van der Waals surface area contributed by atoms with Crippen LogP contribution in [0.25, 0.3) is 0 Å². The Morgan fingerprint density at radius 2 is 1.62 bits per heavy atom. The summed E-state index contributed by atoms with van der Waals surface area (Å²) >= 11 is 1.63. The molecule has 0 radical (unpaired) electrons. The van der Waals surface area contributed by atoms with E-state index in [4.69, 9.17) is 14.1 Å². The summed E-state index contributed by atoms with van der Waals surface area (Å²) in [5, 5.41) is 10.9. The zero-order valence-electron chi connectivity index (χ0n) is 21.4. The van der Waals surface area contributed by atoms with E-state index in [0.29, 0.717) is 23.1 Å². The number of aromatic hydroxyl groups is 1. The number of phenols is 1. The molecule has 0 aliphatic heterocycles. The third kappa shape index (κ3) is 5.84. The second kappa shape index (κ2) is 9.87. The Balaban J connectivity index is 2.12. The zero-order valence-corrected chi connectivity index (χ0v) is 22.2. The van der Waals surface area contributed by atoms with Crippen molar-refractivity contribution in [2.75, 3.05) is 7.11 Å². The number of rotatable bonds is 6. The number of thioether (sulfide) groups is 1. The minimum Gasteiger partial charge on any atom is -0.507 e. The molecule has 182 valence electrons. The zero-order chi connectivity index (χ0) is 25.3. The minimum absolute atomic E-state index is 0.0690. The summed E-state index contributed by atoms with van der Waals surface area (Å²) < 4.78 is 10.9. The first-order valence-corrected chi connectivity index (χ1v) is 12.3. The number of aryl methyl sites for hydroxylation is 1. The molecule has 5 nitrogen and oxygen atoms in total. The summed E-state index contributed by atoms with van der Waals surface area (Å²) in [6, 6.07) is 14.2. The number of aromatic nitrogens is 1. The summed E-state index contributed by atoms with van der Waals surface area (Å²) in [6.45, 7) is 14.4. The second-order valence-corrected chi connectivity index (χ2v) is 11.8. The highest BCUT2D eigenvalue weighted by atomic mass is 32.2. The Bertz CT molecular complexity index is 1120. The van der Waals surface area contributed by atoms with Crippen molar-refractivity contribution >= 4 is 17.7 Å². The molecular weight excluding hydrogens is 446 g/mol. The molecule has 3 aromatic rings. The number of carbonyl (C=O) groups is 1. The Kier molecular flexibility index (Phi) is 7.51. The molecule has 0 amide bonds. The molecule has 3 rings (SSSR count). The van der Waals surface area contributed by atoms with Gasteiger partial charge in [-0.1, -0.05) is 71.9 Å². The topological polar surface area (TPSA) is 72.6 Å². The largest absolute Gasteiger partial charge is 0.507 e. The molecular formula is C28H35NO4S. The lowest BCUT2D eigenvalue weighted by Gasteiger charge is -2.28. The number of oxazole rings is 1. The number of phenolic OH excluding ortho intramolecular Hbond substituents is 1. The van der Waals surface area contributed by atoms with Crippen molar-refractivity contribution in [3.63, 3.8) is 0 Å². The van der Waals surface area contributed by atoms with Gasteiger partial charge in [0.15, 0.2) is 0 Å². The van der Waals surface area contributed by atoms with Gasteiger partial charge in [-0.05, 0) is 35.4 Å². The molecule has 0 aliphatic carbocycles. The fraction of sp³-hybridized carbons (Fsp3) is 0.429. The number of nitrogens with zero attached hydrogens (tertiary/aromatic N) is 1. The summed E-state index contributed by atoms with van der Waals surface area (Å²) in [4.78, 5) is 17.5. The van der Waals surface area contributed by atoms with E-state index < -0.39 is 0 Å². The number of methoxy groups -OCH3 is 1. The van der Waals surface area contributed by atoms with Crippen molar-refractivity contribution in [2.24, 2.45) is 0 Å². The SMILES string of the molecule is COC(=O)Cc1nc(C(Sc2cc(C(C)(C)C)c(O)c(C(C)(C)C)c2)c2ccccc2)oc1C. The molecule has 1 heterocycles. The second-order valence-electron chi connectivity index (χ2n) is 10.6. The molecule has 1 aromatic heterocycles. The van der Waals surface area contributed by atoms with Gasteiger partial charge in [-0.15, -0.1) is 11.8 Å². The van der Waals surface area contributed by atoms with Gasteiger partial charge >= 0.3 is 5.97 Å². The van der Waals surface area contributed by atoms with Crippen LogP contribution in [0.5, 0.6) is 5.75 Å². The predicted molar refractivity (Wildman–Crippen MR) is 137 cm³/mol. The van der Waals surface area contributed by atoms with Crippen LogP contribution in [0, 0.1) is 6.92 Å². The van der Waals surface area contributed by atoms with Gasteiger partial charge in [0, 0.05) is 16.0 Å². The van der Waals surface area contributed by atoms with Crippen LogP contribution in [0.1, 0.15) is 80.8 Å². The molecule has 0 fully saturated rings. The van der Waals surface area contributed by atoms with Crippen molar-refractivity contribution in [1.82, 2.24) is 4.98 Å². The van der Waals surface area contributed by atoms with E-state index >= 15 is 0 Å². The van der Waals surface area contributed by atoms with Gasteiger partial charge in [0.25, 0.3) is 0 Å². The summed E-state index contributed by atoms with van der Waals surface area (Å²) in [6.07, 6.45) is 0.0690. The van der Waals surface area contributed by atoms with Gasteiger partial charge in [-0.2, -0.15) is 0 Å². The lowest BCUT2D eigenvalue weighted by Crippen LogP contribution is -2.17. The molecule has 34 heavy (non-hydrogen) atoms. The fourth-order valence-electron chi connectivity index (χ4n) is 3.78. The number of ether oxygens (including phenoxy) is 1. The maximum atomic E-state index is 11.8. The highest BCUT2D eigenvalue weighted by Gasteiger charge is 2.29. The molecule has 1 atom stereocenters. The predicted octanol–water partition coefficient (Wildman–Crippen LogP) is 6.88.